The van der Waals surface area contributed by atoms with Gasteiger partial charge >= 0.3 is 0 Å². The van der Waals surface area contributed by atoms with Gasteiger partial charge in [0.2, 0.25) is 17.7 Å². The molecule has 0 aromatic heterocycles. The number of carbonyl (C=O) groups excluding carboxylic acids is 4. The Morgan fingerprint density at radius 3 is 2.36 bits per heavy atom. The highest BCUT2D eigenvalue weighted by atomic mass is 19.3. The Morgan fingerprint density at radius 2 is 1.68 bits per heavy atom. The fourth-order valence-electron chi connectivity index (χ4n) is 5.26. The lowest BCUT2D eigenvalue weighted by molar-refractivity contribution is -0.144. The van der Waals surface area contributed by atoms with Crippen molar-refractivity contribution in [3.63, 3.8) is 0 Å². The number of hydrazine groups is 1. The fourth-order valence-corrected chi connectivity index (χ4v) is 5.26. The van der Waals surface area contributed by atoms with E-state index in [0.717, 1.165) is 18.1 Å². The molecule has 0 saturated carbocycles. The summed E-state index contributed by atoms with van der Waals surface area (Å²) in [5.41, 5.74) is 4.79. The van der Waals surface area contributed by atoms with E-state index in [9.17, 15) is 28.0 Å². The van der Waals surface area contributed by atoms with Gasteiger partial charge in [-0.05, 0) is 62.6 Å². The molecule has 1 saturated heterocycles. The van der Waals surface area contributed by atoms with Crippen LogP contribution in [0.1, 0.15) is 84.4 Å². The third-order valence-electron chi connectivity index (χ3n) is 7.96. The van der Waals surface area contributed by atoms with Gasteiger partial charge in [0, 0.05) is 13.5 Å². The first kappa shape index (κ1) is 35.1. The van der Waals surface area contributed by atoms with Gasteiger partial charge in [-0.3, -0.25) is 24.2 Å². The van der Waals surface area contributed by atoms with Crippen LogP contribution >= 0.6 is 0 Å². The largest absolute Gasteiger partial charge is 0.371 e. The molecule has 0 aliphatic carbocycles. The highest BCUT2D eigenvalue weighted by Gasteiger charge is 2.35. The summed E-state index contributed by atoms with van der Waals surface area (Å²) in [5, 5.41) is 9.82. The Balaban J connectivity index is 1.90. The minimum atomic E-state index is -3.08. The molecule has 244 valence electrons. The van der Waals surface area contributed by atoms with Gasteiger partial charge in [0.05, 0.1) is 18.1 Å². The summed E-state index contributed by atoms with van der Waals surface area (Å²) in [6.45, 7) is 8.81. The molecular formula is C32H47F2N5O5. The molecule has 3 rings (SSSR count). The van der Waals surface area contributed by atoms with Crippen LogP contribution in [0.25, 0.3) is 6.08 Å². The second kappa shape index (κ2) is 15.6. The number of rotatable bonds is 4. The van der Waals surface area contributed by atoms with Gasteiger partial charge < -0.3 is 20.7 Å². The summed E-state index contributed by atoms with van der Waals surface area (Å²) in [7, 11) is 0. The molecule has 0 radical (unpaired) electrons. The zero-order valence-electron chi connectivity index (χ0n) is 26.5. The van der Waals surface area contributed by atoms with E-state index in [0.29, 0.717) is 32.2 Å². The van der Waals surface area contributed by atoms with Gasteiger partial charge in [-0.25, -0.2) is 14.2 Å². The molecule has 4 bridgehead atoms. The van der Waals surface area contributed by atoms with E-state index in [1.54, 1.807) is 27.7 Å². The number of hydrogen-bond donors (Lipinski definition) is 4. The van der Waals surface area contributed by atoms with E-state index in [2.05, 4.69) is 21.4 Å². The maximum absolute atomic E-state index is 13.7. The highest BCUT2D eigenvalue weighted by molar-refractivity contribution is 5.92. The first-order chi connectivity index (χ1) is 20.7. The topological polar surface area (TPSA) is 129 Å². The van der Waals surface area contributed by atoms with E-state index in [-0.39, 0.29) is 17.9 Å². The van der Waals surface area contributed by atoms with Crippen LogP contribution in [-0.4, -0.2) is 71.9 Å². The average molecular weight is 620 g/mol. The standard InChI is InChI=1S/C32H47F2N5O5/c1-19(2)27-30(42)36-22(5)31(43)39-16-10-14-25(38-39)29(41)35-21(4)24-13-9-12-23(17-24)11-7-8-15-26(20(3)28(40)37-27)44-18-32(6,33)34/h7,9,11-13,17,19-22,25-27,38H,8,10,14-16,18H2,1-6H3,(H,35,41)(H,36,42)(H,37,40)/b11-7+/t20-,21-,22+,25+,26?,27+/m1/s1. The summed E-state index contributed by atoms with van der Waals surface area (Å²) in [6, 6.07) is 4.82. The smallest absolute Gasteiger partial charge is 0.268 e. The van der Waals surface area contributed by atoms with Gasteiger partial charge in [0.25, 0.3) is 11.8 Å². The van der Waals surface area contributed by atoms with Crippen molar-refractivity contribution in [2.45, 2.75) is 103 Å². The van der Waals surface area contributed by atoms with Gasteiger partial charge in [-0.2, -0.15) is 0 Å². The van der Waals surface area contributed by atoms with Gasteiger partial charge in [0.1, 0.15) is 24.7 Å². The van der Waals surface area contributed by atoms with E-state index < -0.39 is 60.4 Å². The Hall–Kier alpha value is -3.38. The molecule has 2 heterocycles. The van der Waals surface area contributed by atoms with Crippen molar-refractivity contribution in [2.75, 3.05) is 13.2 Å². The summed E-state index contributed by atoms with van der Waals surface area (Å²) < 4.78 is 33.0. The van der Waals surface area contributed by atoms with Crippen LogP contribution in [-0.2, 0) is 23.9 Å². The number of nitrogens with zero attached hydrogens (tertiary/aromatic N) is 1. The minimum absolute atomic E-state index is 0.241. The number of hydrogen-bond acceptors (Lipinski definition) is 6. The predicted molar refractivity (Wildman–Crippen MR) is 163 cm³/mol. The van der Waals surface area contributed by atoms with Crippen molar-refractivity contribution in [3.8, 4) is 0 Å². The maximum atomic E-state index is 13.7. The normalized spacial score (nSPS) is 29.2. The minimum Gasteiger partial charge on any atom is -0.371 e. The molecule has 0 spiro atoms. The molecule has 10 nitrogen and oxygen atoms in total. The van der Waals surface area contributed by atoms with Crippen LogP contribution in [0, 0.1) is 11.8 Å². The lowest BCUT2D eigenvalue weighted by atomic mass is 9.96. The summed E-state index contributed by atoms with van der Waals surface area (Å²) in [5.74, 6) is -5.96. The van der Waals surface area contributed by atoms with Crippen molar-refractivity contribution in [1.82, 2.24) is 26.4 Å². The zero-order chi connectivity index (χ0) is 32.6. The number of alkyl halides is 2. The number of halogens is 2. The van der Waals surface area contributed by atoms with Crippen LogP contribution in [0.5, 0.6) is 0 Å². The van der Waals surface area contributed by atoms with Gasteiger partial charge in [-0.15, -0.1) is 0 Å². The average Bonchev–Trinajstić information content (AvgIpc) is 2.97. The lowest BCUT2D eigenvalue weighted by Crippen LogP contribution is -2.62. The predicted octanol–water partition coefficient (Wildman–Crippen LogP) is 3.49. The number of allylic oxidation sites excluding steroid dienone is 1. The molecule has 44 heavy (non-hydrogen) atoms. The fraction of sp³-hybridized carbons (Fsp3) is 0.625. The molecule has 6 atom stereocenters. The highest BCUT2D eigenvalue weighted by Crippen LogP contribution is 2.22. The number of fused-ring (bicyclic) bond motifs is 4. The second-order valence-corrected chi connectivity index (χ2v) is 12.4. The molecule has 12 heteroatoms. The number of benzene rings is 1. The third kappa shape index (κ3) is 10.1. The van der Waals surface area contributed by atoms with E-state index >= 15 is 0 Å². The van der Waals surface area contributed by atoms with Crippen molar-refractivity contribution in [1.29, 1.82) is 0 Å². The van der Waals surface area contributed by atoms with E-state index in [1.807, 2.05) is 43.3 Å². The van der Waals surface area contributed by atoms with Crippen molar-refractivity contribution < 1.29 is 32.7 Å². The number of ether oxygens (including phenoxy) is 1. The molecule has 1 unspecified atom stereocenters. The Kier molecular flexibility index (Phi) is 12.4. The molecule has 1 aromatic carbocycles. The van der Waals surface area contributed by atoms with E-state index in [1.165, 1.54) is 5.01 Å². The first-order valence-electron chi connectivity index (χ1n) is 15.4. The van der Waals surface area contributed by atoms with Crippen LogP contribution < -0.4 is 21.4 Å². The third-order valence-corrected chi connectivity index (χ3v) is 7.96. The van der Waals surface area contributed by atoms with Crippen LogP contribution in [0.2, 0.25) is 0 Å². The molecule has 2 aliphatic heterocycles. The van der Waals surface area contributed by atoms with Crippen molar-refractivity contribution >= 4 is 29.7 Å². The number of amides is 4. The lowest BCUT2D eigenvalue weighted by Gasteiger charge is -2.35. The monoisotopic (exact) mass is 619 g/mol. The Bertz CT molecular complexity index is 1200. The van der Waals surface area contributed by atoms with Crippen LogP contribution in [0.3, 0.4) is 0 Å². The zero-order valence-corrected chi connectivity index (χ0v) is 26.5. The van der Waals surface area contributed by atoms with Crippen molar-refractivity contribution in [2.24, 2.45) is 11.8 Å². The molecule has 1 aromatic rings. The molecule has 1 fully saturated rings. The summed E-state index contributed by atoms with van der Waals surface area (Å²) >= 11 is 0. The Labute approximate surface area is 258 Å². The maximum Gasteiger partial charge on any atom is 0.268 e. The van der Waals surface area contributed by atoms with Gasteiger partial charge in [-0.1, -0.05) is 51.1 Å². The SMILES string of the molecule is CC(C)[C@@H]1NC(=O)[C@H](C)C(OCC(C)(F)F)CC/C=C/c2cccc(c2)[C@@H](C)NC(=O)[C@@H]2CCCN(N2)C(=O)[C@H](C)NC1=O. The number of nitrogens with one attached hydrogen (secondary N) is 4. The van der Waals surface area contributed by atoms with Crippen molar-refractivity contribution in [3.05, 3.63) is 41.5 Å². The van der Waals surface area contributed by atoms with E-state index in [4.69, 9.17) is 4.74 Å². The first-order valence-corrected chi connectivity index (χ1v) is 15.4. The number of carbonyl (C=O) groups is 4. The van der Waals surface area contributed by atoms with Crippen LogP contribution in [0.15, 0.2) is 30.3 Å². The molecule has 2 aliphatic rings. The summed E-state index contributed by atoms with van der Waals surface area (Å²) in [6.07, 6.45) is 4.84. The molecule has 4 amide bonds. The summed E-state index contributed by atoms with van der Waals surface area (Å²) in [4.78, 5) is 53.0. The van der Waals surface area contributed by atoms with Crippen LogP contribution in [0.4, 0.5) is 8.78 Å². The molecular weight excluding hydrogens is 572 g/mol. The quantitative estimate of drug-likeness (QED) is 0.409. The second-order valence-electron chi connectivity index (χ2n) is 12.4. The van der Waals surface area contributed by atoms with Gasteiger partial charge in [0.15, 0.2) is 0 Å². The molecule has 4 N–H and O–H groups in total. The Morgan fingerprint density at radius 1 is 0.977 bits per heavy atom.